The van der Waals surface area contributed by atoms with Crippen LogP contribution in [0.25, 0.3) is 0 Å². The van der Waals surface area contributed by atoms with Gasteiger partial charge in [-0.15, -0.1) is 0 Å². The largest absolute Gasteiger partial charge is 0.350 e. The predicted molar refractivity (Wildman–Crippen MR) is 55.3 cm³/mol. The lowest BCUT2D eigenvalue weighted by Crippen LogP contribution is -2.55. The van der Waals surface area contributed by atoms with Gasteiger partial charge < -0.3 is 5.32 Å². The number of carbonyl (C=O) groups is 3. The van der Waals surface area contributed by atoms with Gasteiger partial charge in [-0.1, -0.05) is 0 Å². The van der Waals surface area contributed by atoms with Crippen molar-refractivity contribution in [1.82, 2.24) is 5.32 Å². The molecule has 0 atom stereocenters. The fourth-order valence-corrected chi connectivity index (χ4v) is 2.24. The first kappa shape index (κ1) is 11.9. The van der Waals surface area contributed by atoms with E-state index in [0.717, 1.165) is 0 Å². The van der Waals surface area contributed by atoms with Crippen LogP contribution in [0.15, 0.2) is 0 Å². The highest BCUT2D eigenvalue weighted by Gasteiger charge is 2.42. The van der Waals surface area contributed by atoms with Crippen molar-refractivity contribution in [3.63, 3.8) is 0 Å². The van der Waals surface area contributed by atoms with Crippen molar-refractivity contribution in [2.45, 2.75) is 45.6 Å². The number of hydrogen-bond donors (Lipinski definition) is 1. The molecule has 0 aromatic rings. The minimum atomic E-state index is -0.763. The molecule has 0 unspecified atom stereocenters. The molecule has 0 aromatic carbocycles. The summed E-state index contributed by atoms with van der Waals surface area (Å²) in [5.74, 6) is -0.990. The van der Waals surface area contributed by atoms with Crippen LogP contribution >= 0.6 is 0 Å². The van der Waals surface area contributed by atoms with Gasteiger partial charge in [0.05, 0.1) is 11.5 Å². The highest BCUT2D eigenvalue weighted by molar-refractivity contribution is 6.06. The predicted octanol–water partition coefficient (Wildman–Crippen LogP) is 0.839. The van der Waals surface area contributed by atoms with Crippen LogP contribution in [0, 0.1) is 5.92 Å². The van der Waals surface area contributed by atoms with Gasteiger partial charge in [0.1, 0.15) is 11.6 Å². The molecular formula is C11H17NO3. The quantitative estimate of drug-likeness (QED) is 0.688. The average molecular weight is 211 g/mol. The summed E-state index contributed by atoms with van der Waals surface area (Å²) in [5.41, 5.74) is -0.763. The molecule has 84 valence electrons. The van der Waals surface area contributed by atoms with E-state index in [9.17, 15) is 14.4 Å². The van der Waals surface area contributed by atoms with E-state index in [-0.39, 0.29) is 17.5 Å². The maximum atomic E-state index is 11.7. The van der Waals surface area contributed by atoms with Crippen LogP contribution in [0.5, 0.6) is 0 Å². The molecule has 0 radical (unpaired) electrons. The number of carbonyl (C=O) groups excluding carboxylic acids is 3. The first-order valence-electron chi connectivity index (χ1n) is 5.19. The molecular weight excluding hydrogens is 194 g/mol. The van der Waals surface area contributed by atoms with Crippen LogP contribution in [0.2, 0.25) is 0 Å². The Kier molecular flexibility index (Phi) is 3.27. The van der Waals surface area contributed by atoms with Crippen molar-refractivity contribution >= 4 is 17.5 Å². The summed E-state index contributed by atoms with van der Waals surface area (Å²) in [5, 5.41) is 2.67. The van der Waals surface area contributed by atoms with E-state index in [1.807, 2.05) is 0 Å². The van der Waals surface area contributed by atoms with Gasteiger partial charge in [-0.25, -0.2) is 0 Å². The van der Waals surface area contributed by atoms with E-state index in [2.05, 4.69) is 5.32 Å². The average Bonchev–Trinajstić information content (AvgIpc) is 1.99. The summed E-state index contributed by atoms with van der Waals surface area (Å²) in [6.07, 6.45) is 1.53. The second-order valence-electron chi connectivity index (χ2n) is 4.62. The highest BCUT2D eigenvalue weighted by Crippen LogP contribution is 2.27. The minimum Gasteiger partial charge on any atom is -0.350 e. The summed E-state index contributed by atoms with van der Waals surface area (Å²) in [6, 6.07) is 0. The Morgan fingerprint density at radius 3 is 2.13 bits per heavy atom. The molecule has 0 bridgehead atoms. The molecule has 0 aromatic heterocycles. The molecule has 0 heterocycles. The fourth-order valence-electron chi connectivity index (χ4n) is 2.24. The Morgan fingerprint density at radius 1 is 1.27 bits per heavy atom. The van der Waals surface area contributed by atoms with E-state index in [1.54, 1.807) is 13.8 Å². The molecule has 1 rings (SSSR count). The van der Waals surface area contributed by atoms with Crippen LogP contribution in [0.4, 0.5) is 0 Å². The van der Waals surface area contributed by atoms with Gasteiger partial charge in [-0.3, -0.25) is 14.4 Å². The molecule has 0 aliphatic heterocycles. The zero-order chi connectivity index (χ0) is 11.6. The van der Waals surface area contributed by atoms with Gasteiger partial charge in [-0.2, -0.15) is 0 Å². The van der Waals surface area contributed by atoms with Crippen LogP contribution in [0.3, 0.4) is 0 Å². The molecule has 1 amide bonds. The van der Waals surface area contributed by atoms with Gasteiger partial charge in [0.25, 0.3) is 0 Å². The highest BCUT2D eigenvalue weighted by atomic mass is 16.2. The maximum absolute atomic E-state index is 11.7. The first-order valence-corrected chi connectivity index (χ1v) is 5.19. The van der Waals surface area contributed by atoms with E-state index < -0.39 is 11.5 Å². The van der Waals surface area contributed by atoms with Crippen LogP contribution in [-0.4, -0.2) is 23.0 Å². The number of hydrogen-bond acceptors (Lipinski definition) is 3. The third-order valence-electron chi connectivity index (χ3n) is 2.71. The number of amides is 1. The molecule has 4 nitrogen and oxygen atoms in total. The van der Waals surface area contributed by atoms with E-state index in [4.69, 9.17) is 0 Å². The van der Waals surface area contributed by atoms with Crippen molar-refractivity contribution in [2.24, 2.45) is 5.92 Å². The fraction of sp³-hybridized carbons (Fsp3) is 0.727. The lowest BCUT2D eigenvalue weighted by Gasteiger charge is -2.35. The van der Waals surface area contributed by atoms with E-state index in [0.29, 0.717) is 19.3 Å². The molecule has 4 heteroatoms. The van der Waals surface area contributed by atoms with Crippen molar-refractivity contribution in [3.8, 4) is 0 Å². The monoisotopic (exact) mass is 211 g/mol. The Hall–Kier alpha value is -1.19. The molecule has 0 saturated heterocycles. The van der Waals surface area contributed by atoms with Gasteiger partial charge in [-0.05, 0) is 20.3 Å². The molecule has 1 aliphatic rings. The van der Waals surface area contributed by atoms with Gasteiger partial charge >= 0.3 is 0 Å². The Balaban J connectivity index is 2.87. The van der Waals surface area contributed by atoms with Crippen molar-refractivity contribution < 1.29 is 14.4 Å². The Morgan fingerprint density at radius 2 is 1.73 bits per heavy atom. The summed E-state index contributed by atoms with van der Waals surface area (Å²) in [7, 11) is 0. The maximum Gasteiger partial charge on any atom is 0.217 e. The smallest absolute Gasteiger partial charge is 0.217 e. The van der Waals surface area contributed by atoms with Crippen molar-refractivity contribution in [3.05, 3.63) is 0 Å². The molecule has 0 spiro atoms. The topological polar surface area (TPSA) is 63.2 Å². The summed E-state index contributed by atoms with van der Waals surface area (Å²) >= 11 is 0. The Labute approximate surface area is 89.4 Å². The molecule has 1 N–H and O–H groups in total. The summed E-state index contributed by atoms with van der Waals surface area (Å²) in [6.45, 7) is 4.83. The molecule has 1 aliphatic carbocycles. The first-order chi connectivity index (χ1) is 6.84. The lowest BCUT2D eigenvalue weighted by atomic mass is 9.75. The second kappa shape index (κ2) is 4.13. The van der Waals surface area contributed by atoms with E-state index >= 15 is 0 Å². The van der Waals surface area contributed by atoms with Crippen molar-refractivity contribution in [1.29, 1.82) is 0 Å². The van der Waals surface area contributed by atoms with Gasteiger partial charge in [0.15, 0.2) is 0 Å². The third kappa shape index (κ3) is 2.64. The lowest BCUT2D eigenvalue weighted by molar-refractivity contribution is -0.139. The zero-order valence-corrected chi connectivity index (χ0v) is 9.42. The number of Topliss-reactive ketones (excluding diaryl/α,β-unsaturated/α-hetero) is 2. The van der Waals surface area contributed by atoms with Crippen LogP contribution < -0.4 is 5.32 Å². The summed E-state index contributed by atoms with van der Waals surface area (Å²) < 4.78 is 0. The molecule has 1 fully saturated rings. The summed E-state index contributed by atoms with van der Waals surface area (Å²) in [4.78, 5) is 34.3. The third-order valence-corrected chi connectivity index (χ3v) is 2.71. The Bertz CT molecular complexity index is 291. The number of ketones is 2. The van der Waals surface area contributed by atoms with Crippen molar-refractivity contribution in [2.75, 3.05) is 0 Å². The number of rotatable bonds is 2. The normalized spacial score (nSPS) is 19.1. The van der Waals surface area contributed by atoms with E-state index in [1.165, 1.54) is 6.92 Å². The standard InChI is InChI=1S/C11H17NO3/c1-7(13)12-11(2,3)10-8(14)5-4-6-9(10)15/h10H,4-6H2,1-3H3,(H,12,13). The number of nitrogens with one attached hydrogen (secondary N) is 1. The van der Waals surface area contributed by atoms with Gasteiger partial charge in [0, 0.05) is 19.8 Å². The second-order valence-corrected chi connectivity index (χ2v) is 4.62. The zero-order valence-electron chi connectivity index (χ0n) is 9.42. The molecule has 1 saturated carbocycles. The molecule has 15 heavy (non-hydrogen) atoms. The minimum absolute atomic E-state index is 0.0509. The van der Waals surface area contributed by atoms with Crippen LogP contribution in [-0.2, 0) is 14.4 Å². The van der Waals surface area contributed by atoms with Crippen LogP contribution in [0.1, 0.15) is 40.0 Å². The van der Waals surface area contributed by atoms with Gasteiger partial charge in [0.2, 0.25) is 5.91 Å². The SMILES string of the molecule is CC(=O)NC(C)(C)C1C(=O)CCCC1=O.